The standard InChI is InChI=1S/C15H21BrFN/c1-2-15(7-3-4-8-15)11-18-10-12-5-6-13(16)9-14(12)17/h5-6,9,18H,2-4,7-8,10-11H2,1H3. The number of halogens is 2. The van der Waals surface area contributed by atoms with Gasteiger partial charge in [0.15, 0.2) is 0 Å². The van der Waals surface area contributed by atoms with Gasteiger partial charge in [-0.25, -0.2) is 4.39 Å². The van der Waals surface area contributed by atoms with Gasteiger partial charge in [0.25, 0.3) is 0 Å². The van der Waals surface area contributed by atoms with Crippen LogP contribution in [-0.4, -0.2) is 6.54 Å². The molecule has 1 aliphatic carbocycles. The maximum Gasteiger partial charge on any atom is 0.128 e. The van der Waals surface area contributed by atoms with Gasteiger partial charge in [0, 0.05) is 23.1 Å². The van der Waals surface area contributed by atoms with Crippen LogP contribution in [0.2, 0.25) is 0 Å². The number of hydrogen-bond donors (Lipinski definition) is 1. The van der Waals surface area contributed by atoms with Gasteiger partial charge in [-0.1, -0.05) is 41.8 Å². The molecule has 18 heavy (non-hydrogen) atoms. The first-order chi connectivity index (χ1) is 8.65. The fraction of sp³-hybridized carbons (Fsp3) is 0.600. The van der Waals surface area contributed by atoms with Gasteiger partial charge in [-0.15, -0.1) is 0 Å². The van der Waals surface area contributed by atoms with Crippen LogP contribution in [0.5, 0.6) is 0 Å². The van der Waals surface area contributed by atoms with Crippen LogP contribution in [0.3, 0.4) is 0 Å². The van der Waals surface area contributed by atoms with Crippen LogP contribution in [0.4, 0.5) is 4.39 Å². The molecule has 0 spiro atoms. The van der Waals surface area contributed by atoms with Crippen molar-refractivity contribution < 1.29 is 4.39 Å². The minimum atomic E-state index is -0.131. The van der Waals surface area contributed by atoms with E-state index in [0.717, 1.165) is 16.6 Å². The van der Waals surface area contributed by atoms with Gasteiger partial charge in [0.05, 0.1) is 0 Å². The lowest BCUT2D eigenvalue weighted by Gasteiger charge is -2.27. The lowest BCUT2D eigenvalue weighted by molar-refractivity contribution is 0.267. The Bertz CT molecular complexity index is 399. The smallest absolute Gasteiger partial charge is 0.128 e. The van der Waals surface area contributed by atoms with Crippen LogP contribution < -0.4 is 5.32 Å². The molecule has 1 aromatic carbocycles. The van der Waals surface area contributed by atoms with E-state index in [4.69, 9.17) is 0 Å². The van der Waals surface area contributed by atoms with Gasteiger partial charge >= 0.3 is 0 Å². The summed E-state index contributed by atoms with van der Waals surface area (Å²) in [6.45, 7) is 3.91. The molecule has 1 aliphatic rings. The molecule has 0 unspecified atom stereocenters. The second kappa shape index (κ2) is 6.16. The van der Waals surface area contributed by atoms with Gasteiger partial charge in [-0.05, 0) is 36.8 Å². The molecule has 2 rings (SSSR count). The number of nitrogens with one attached hydrogen (secondary N) is 1. The predicted octanol–water partition coefficient (Wildman–Crippen LogP) is 4.65. The first-order valence-corrected chi connectivity index (χ1v) is 7.59. The summed E-state index contributed by atoms with van der Waals surface area (Å²) in [5.41, 5.74) is 1.22. The van der Waals surface area contributed by atoms with Gasteiger partial charge in [0.1, 0.15) is 5.82 Å². The predicted molar refractivity (Wildman–Crippen MR) is 77.0 cm³/mol. The Kier molecular flexibility index (Phi) is 4.79. The first kappa shape index (κ1) is 14.0. The molecule has 0 amide bonds. The van der Waals surface area contributed by atoms with Crippen LogP contribution in [0, 0.1) is 11.2 Å². The van der Waals surface area contributed by atoms with Crippen molar-refractivity contribution in [2.45, 2.75) is 45.6 Å². The minimum absolute atomic E-state index is 0.131. The van der Waals surface area contributed by atoms with E-state index in [1.54, 1.807) is 0 Å². The van der Waals surface area contributed by atoms with Crippen LogP contribution in [0.25, 0.3) is 0 Å². The Morgan fingerprint density at radius 3 is 2.67 bits per heavy atom. The van der Waals surface area contributed by atoms with Gasteiger partial charge in [0.2, 0.25) is 0 Å². The van der Waals surface area contributed by atoms with Crippen molar-refractivity contribution in [3.63, 3.8) is 0 Å². The Balaban J connectivity index is 1.88. The normalized spacial score (nSPS) is 18.2. The van der Waals surface area contributed by atoms with Crippen LogP contribution in [0.1, 0.15) is 44.6 Å². The number of rotatable bonds is 5. The maximum absolute atomic E-state index is 13.7. The lowest BCUT2D eigenvalue weighted by atomic mass is 9.83. The van der Waals surface area contributed by atoms with Crippen molar-refractivity contribution >= 4 is 15.9 Å². The van der Waals surface area contributed by atoms with Crippen molar-refractivity contribution in [2.24, 2.45) is 5.41 Å². The van der Waals surface area contributed by atoms with Crippen LogP contribution in [0.15, 0.2) is 22.7 Å². The van der Waals surface area contributed by atoms with E-state index in [1.165, 1.54) is 38.2 Å². The molecular weight excluding hydrogens is 293 g/mol. The van der Waals surface area contributed by atoms with E-state index in [0.29, 0.717) is 12.0 Å². The third-order valence-corrected chi connectivity index (χ3v) is 4.74. The van der Waals surface area contributed by atoms with E-state index in [-0.39, 0.29) is 5.82 Å². The van der Waals surface area contributed by atoms with Crippen molar-refractivity contribution in [3.8, 4) is 0 Å². The summed E-state index contributed by atoms with van der Waals surface area (Å²) in [5, 5.41) is 3.44. The summed E-state index contributed by atoms with van der Waals surface area (Å²) in [6.07, 6.45) is 6.56. The molecule has 3 heteroatoms. The summed E-state index contributed by atoms with van der Waals surface area (Å²) in [6, 6.07) is 5.27. The average Bonchev–Trinajstić information content (AvgIpc) is 2.81. The molecule has 0 bridgehead atoms. The maximum atomic E-state index is 13.7. The molecule has 100 valence electrons. The van der Waals surface area contributed by atoms with Gasteiger partial charge in [-0.3, -0.25) is 0 Å². The highest BCUT2D eigenvalue weighted by atomic mass is 79.9. The molecule has 1 aromatic rings. The Morgan fingerprint density at radius 1 is 1.33 bits per heavy atom. The highest BCUT2D eigenvalue weighted by Crippen LogP contribution is 2.40. The van der Waals surface area contributed by atoms with Crippen molar-refractivity contribution in [2.75, 3.05) is 6.54 Å². The average molecular weight is 314 g/mol. The van der Waals surface area contributed by atoms with Crippen molar-refractivity contribution in [3.05, 3.63) is 34.1 Å². The molecule has 0 heterocycles. The molecule has 0 aromatic heterocycles. The molecule has 0 aliphatic heterocycles. The van der Waals surface area contributed by atoms with Gasteiger partial charge < -0.3 is 5.32 Å². The molecule has 1 saturated carbocycles. The monoisotopic (exact) mass is 313 g/mol. The zero-order valence-electron chi connectivity index (χ0n) is 10.9. The van der Waals surface area contributed by atoms with E-state index >= 15 is 0 Å². The first-order valence-electron chi connectivity index (χ1n) is 6.80. The Morgan fingerprint density at radius 2 is 2.06 bits per heavy atom. The van der Waals surface area contributed by atoms with E-state index in [1.807, 2.05) is 12.1 Å². The lowest BCUT2D eigenvalue weighted by Crippen LogP contribution is -2.31. The van der Waals surface area contributed by atoms with E-state index in [9.17, 15) is 4.39 Å². The fourth-order valence-corrected chi connectivity index (χ4v) is 3.24. The Labute approximate surface area is 117 Å². The molecule has 0 atom stereocenters. The zero-order chi connectivity index (χ0) is 13.0. The second-order valence-electron chi connectivity index (χ2n) is 5.40. The fourth-order valence-electron chi connectivity index (χ4n) is 2.91. The summed E-state index contributed by atoms with van der Waals surface area (Å²) in [4.78, 5) is 0. The second-order valence-corrected chi connectivity index (χ2v) is 6.32. The van der Waals surface area contributed by atoms with Gasteiger partial charge in [-0.2, -0.15) is 0 Å². The topological polar surface area (TPSA) is 12.0 Å². The third-order valence-electron chi connectivity index (χ3n) is 4.24. The van der Waals surface area contributed by atoms with Crippen molar-refractivity contribution in [1.29, 1.82) is 0 Å². The molecular formula is C15H21BrFN. The molecule has 0 radical (unpaired) electrons. The SMILES string of the molecule is CCC1(CNCc2ccc(Br)cc2F)CCCC1. The van der Waals surface area contributed by atoms with Crippen molar-refractivity contribution in [1.82, 2.24) is 5.32 Å². The summed E-state index contributed by atoms with van der Waals surface area (Å²) >= 11 is 3.28. The largest absolute Gasteiger partial charge is 0.312 e. The van der Waals surface area contributed by atoms with E-state index in [2.05, 4.69) is 28.2 Å². The summed E-state index contributed by atoms with van der Waals surface area (Å²) < 4.78 is 14.5. The quantitative estimate of drug-likeness (QED) is 0.834. The highest BCUT2D eigenvalue weighted by molar-refractivity contribution is 9.10. The molecule has 0 saturated heterocycles. The summed E-state index contributed by atoms with van der Waals surface area (Å²) in [7, 11) is 0. The number of hydrogen-bond acceptors (Lipinski definition) is 1. The minimum Gasteiger partial charge on any atom is -0.312 e. The zero-order valence-corrected chi connectivity index (χ0v) is 12.5. The van der Waals surface area contributed by atoms with Crippen LogP contribution in [-0.2, 0) is 6.54 Å². The summed E-state index contributed by atoms with van der Waals surface area (Å²) in [5.74, 6) is -0.131. The Hall–Kier alpha value is -0.410. The molecule has 1 N–H and O–H groups in total. The molecule has 1 nitrogen and oxygen atoms in total. The third kappa shape index (κ3) is 3.33. The number of benzene rings is 1. The highest BCUT2D eigenvalue weighted by Gasteiger charge is 2.31. The molecule has 1 fully saturated rings. The van der Waals surface area contributed by atoms with E-state index < -0.39 is 0 Å². The van der Waals surface area contributed by atoms with Crippen LogP contribution >= 0.6 is 15.9 Å².